The van der Waals surface area contributed by atoms with Gasteiger partial charge in [0.25, 0.3) is 5.91 Å². The molecule has 0 bridgehead atoms. The van der Waals surface area contributed by atoms with Gasteiger partial charge in [0.15, 0.2) is 11.7 Å². The van der Waals surface area contributed by atoms with Crippen molar-refractivity contribution in [3.05, 3.63) is 47.9 Å². The molecule has 1 aromatic heterocycles. The molecule has 9 nitrogen and oxygen atoms in total. The van der Waals surface area contributed by atoms with E-state index >= 15 is 0 Å². The Morgan fingerprint density at radius 3 is 2.59 bits per heavy atom. The maximum Gasteiger partial charge on any atom is 0.287 e. The van der Waals surface area contributed by atoms with Gasteiger partial charge in [0.05, 0.1) is 27.0 Å². The van der Waals surface area contributed by atoms with Crippen LogP contribution < -0.4 is 20.1 Å². The number of aliphatic imine (C=N–C) groups is 1. The molecule has 0 atom stereocenters. The quantitative estimate of drug-likeness (QED) is 0.347. The van der Waals surface area contributed by atoms with Crippen LogP contribution in [0.2, 0.25) is 0 Å². The van der Waals surface area contributed by atoms with Crippen LogP contribution >= 0.6 is 0 Å². The highest BCUT2D eigenvalue weighted by Crippen LogP contribution is 2.25. The minimum Gasteiger partial charge on any atom is -0.497 e. The molecule has 1 amide bonds. The second-order valence-corrected chi connectivity index (χ2v) is 7.41. The van der Waals surface area contributed by atoms with Gasteiger partial charge in [-0.1, -0.05) is 0 Å². The molecule has 2 aromatic rings. The summed E-state index contributed by atoms with van der Waals surface area (Å²) >= 11 is 0. The number of methoxy groups -OCH3 is 2. The lowest BCUT2D eigenvalue weighted by Crippen LogP contribution is -2.52. The molecule has 0 aliphatic carbocycles. The van der Waals surface area contributed by atoms with Crippen LogP contribution in [0.5, 0.6) is 11.5 Å². The number of nitrogens with one attached hydrogen (secondary N) is 2. The highest BCUT2D eigenvalue weighted by molar-refractivity contribution is 5.91. The van der Waals surface area contributed by atoms with E-state index < -0.39 is 0 Å². The lowest BCUT2D eigenvalue weighted by atomic mass is 10.1. The summed E-state index contributed by atoms with van der Waals surface area (Å²) < 4.78 is 16.0. The number of amides is 1. The molecule has 1 saturated heterocycles. The summed E-state index contributed by atoms with van der Waals surface area (Å²) in [5.41, 5.74) is 1.12. The Morgan fingerprint density at radius 2 is 1.94 bits per heavy atom. The molecule has 9 heteroatoms. The fourth-order valence-electron chi connectivity index (χ4n) is 3.62. The van der Waals surface area contributed by atoms with Crippen molar-refractivity contribution in [3.63, 3.8) is 0 Å². The van der Waals surface area contributed by atoms with Gasteiger partial charge in [-0.15, -0.1) is 0 Å². The van der Waals surface area contributed by atoms with E-state index in [0.717, 1.165) is 62.3 Å². The van der Waals surface area contributed by atoms with E-state index in [1.165, 1.54) is 6.26 Å². The number of hydrogen-bond donors (Lipinski definition) is 2. The number of furan rings is 1. The van der Waals surface area contributed by atoms with Gasteiger partial charge in [0, 0.05) is 51.4 Å². The molecule has 0 spiro atoms. The van der Waals surface area contributed by atoms with Crippen molar-refractivity contribution in [1.82, 2.24) is 20.4 Å². The number of carbonyl (C=O) groups is 1. The molecule has 0 radical (unpaired) electrons. The average Bonchev–Trinajstić information content (AvgIpc) is 3.36. The number of rotatable bonds is 9. The van der Waals surface area contributed by atoms with Gasteiger partial charge in [0.2, 0.25) is 0 Å². The Hall–Kier alpha value is -3.20. The van der Waals surface area contributed by atoms with Crippen molar-refractivity contribution < 1.29 is 18.7 Å². The number of benzene rings is 1. The minimum atomic E-state index is -0.225. The van der Waals surface area contributed by atoms with Gasteiger partial charge in [0.1, 0.15) is 11.5 Å². The molecular formula is C23H33N5O4. The van der Waals surface area contributed by atoms with Crippen molar-refractivity contribution in [2.45, 2.75) is 13.5 Å². The fraction of sp³-hybridized carbons (Fsp3) is 0.478. The number of guanidine groups is 1. The SMILES string of the molecule is CCNC(=NCCNC(=O)c1ccco1)N1CCN(Cc2cc(OC)ccc2OC)CC1. The highest BCUT2D eigenvalue weighted by atomic mass is 16.5. The molecule has 2 N–H and O–H groups in total. The van der Waals surface area contributed by atoms with Gasteiger partial charge in [-0.25, -0.2) is 0 Å². The van der Waals surface area contributed by atoms with E-state index in [2.05, 4.69) is 32.3 Å². The maximum atomic E-state index is 11.9. The van der Waals surface area contributed by atoms with Gasteiger partial charge >= 0.3 is 0 Å². The average molecular weight is 444 g/mol. The molecular weight excluding hydrogens is 410 g/mol. The number of nitrogens with zero attached hydrogens (tertiary/aromatic N) is 3. The Labute approximate surface area is 189 Å². The van der Waals surface area contributed by atoms with Crippen LogP contribution in [0.1, 0.15) is 23.0 Å². The van der Waals surface area contributed by atoms with Gasteiger partial charge < -0.3 is 29.4 Å². The highest BCUT2D eigenvalue weighted by Gasteiger charge is 2.21. The minimum absolute atomic E-state index is 0.225. The Balaban J connectivity index is 1.50. The molecule has 1 fully saturated rings. The van der Waals surface area contributed by atoms with E-state index in [9.17, 15) is 4.79 Å². The van der Waals surface area contributed by atoms with Crippen molar-refractivity contribution in [3.8, 4) is 11.5 Å². The lowest BCUT2D eigenvalue weighted by Gasteiger charge is -2.36. The van der Waals surface area contributed by atoms with E-state index in [-0.39, 0.29) is 5.91 Å². The second-order valence-electron chi connectivity index (χ2n) is 7.41. The smallest absolute Gasteiger partial charge is 0.287 e. The number of hydrogen-bond acceptors (Lipinski definition) is 6. The largest absolute Gasteiger partial charge is 0.497 e. The number of piperazine rings is 1. The third-order valence-corrected chi connectivity index (χ3v) is 5.29. The first-order chi connectivity index (χ1) is 15.6. The summed E-state index contributed by atoms with van der Waals surface area (Å²) in [5.74, 6) is 2.67. The van der Waals surface area contributed by atoms with Crippen LogP contribution in [-0.4, -0.2) is 81.7 Å². The molecule has 1 aliphatic rings. The van der Waals surface area contributed by atoms with Gasteiger partial charge in [-0.3, -0.25) is 14.7 Å². The summed E-state index contributed by atoms with van der Waals surface area (Å²) in [7, 11) is 3.37. The third-order valence-electron chi connectivity index (χ3n) is 5.29. The summed E-state index contributed by atoms with van der Waals surface area (Å²) in [6, 6.07) is 9.23. The second kappa shape index (κ2) is 12.0. The summed E-state index contributed by atoms with van der Waals surface area (Å²) in [4.78, 5) is 21.3. The zero-order valence-corrected chi connectivity index (χ0v) is 19.1. The zero-order chi connectivity index (χ0) is 22.8. The maximum absolute atomic E-state index is 11.9. The van der Waals surface area contributed by atoms with E-state index in [1.807, 2.05) is 18.2 Å². The van der Waals surface area contributed by atoms with Crippen molar-refractivity contribution >= 4 is 11.9 Å². The third kappa shape index (κ3) is 6.40. The van der Waals surface area contributed by atoms with E-state index in [0.29, 0.717) is 18.8 Å². The normalized spacial score (nSPS) is 14.8. The first-order valence-corrected chi connectivity index (χ1v) is 10.9. The first kappa shape index (κ1) is 23.5. The van der Waals surface area contributed by atoms with E-state index in [1.54, 1.807) is 26.4 Å². The van der Waals surface area contributed by atoms with Crippen LogP contribution in [-0.2, 0) is 6.54 Å². The lowest BCUT2D eigenvalue weighted by molar-refractivity contribution is 0.0927. The standard InChI is InChI=1S/C23H33N5O4/c1-4-24-23(26-10-9-25-22(29)21-6-5-15-32-21)28-13-11-27(12-14-28)17-18-16-19(30-2)7-8-20(18)31-3/h5-8,15-16H,4,9-14,17H2,1-3H3,(H,24,26)(H,25,29). The van der Waals surface area contributed by atoms with Crippen LogP contribution in [0.15, 0.2) is 46.0 Å². The van der Waals surface area contributed by atoms with E-state index in [4.69, 9.17) is 13.9 Å². The summed E-state index contributed by atoms with van der Waals surface area (Å²) in [6.45, 7) is 8.17. The molecule has 2 heterocycles. The Bertz CT molecular complexity index is 877. The molecule has 174 valence electrons. The molecule has 32 heavy (non-hydrogen) atoms. The molecule has 1 aliphatic heterocycles. The van der Waals surface area contributed by atoms with Crippen LogP contribution in [0.3, 0.4) is 0 Å². The molecule has 3 rings (SSSR count). The predicted molar refractivity (Wildman–Crippen MR) is 123 cm³/mol. The predicted octanol–water partition coefficient (Wildman–Crippen LogP) is 1.81. The Kier molecular flexibility index (Phi) is 8.79. The van der Waals surface area contributed by atoms with Crippen LogP contribution in [0, 0.1) is 0 Å². The number of carbonyl (C=O) groups excluding carboxylic acids is 1. The monoisotopic (exact) mass is 443 g/mol. The van der Waals surface area contributed by atoms with Gasteiger partial charge in [-0.2, -0.15) is 0 Å². The molecule has 1 aromatic carbocycles. The van der Waals surface area contributed by atoms with Crippen molar-refractivity contribution in [2.24, 2.45) is 4.99 Å². The molecule has 0 saturated carbocycles. The Morgan fingerprint density at radius 1 is 1.12 bits per heavy atom. The van der Waals surface area contributed by atoms with Crippen LogP contribution in [0.25, 0.3) is 0 Å². The van der Waals surface area contributed by atoms with Crippen molar-refractivity contribution in [1.29, 1.82) is 0 Å². The summed E-state index contributed by atoms with van der Waals surface area (Å²) in [5, 5.41) is 6.18. The number of ether oxygens (including phenoxy) is 2. The topological polar surface area (TPSA) is 91.6 Å². The summed E-state index contributed by atoms with van der Waals surface area (Å²) in [6.07, 6.45) is 1.49. The molecule has 0 unspecified atom stereocenters. The first-order valence-electron chi connectivity index (χ1n) is 10.9. The fourth-order valence-corrected chi connectivity index (χ4v) is 3.62. The van der Waals surface area contributed by atoms with Gasteiger partial charge in [-0.05, 0) is 37.3 Å². The van der Waals surface area contributed by atoms with Crippen molar-refractivity contribution in [2.75, 3.05) is 60.0 Å². The van der Waals surface area contributed by atoms with Crippen LogP contribution in [0.4, 0.5) is 0 Å². The zero-order valence-electron chi connectivity index (χ0n) is 19.1.